The summed E-state index contributed by atoms with van der Waals surface area (Å²) < 4.78 is 13.4. The van der Waals surface area contributed by atoms with Crippen LogP contribution in [0.4, 0.5) is 4.39 Å². The lowest BCUT2D eigenvalue weighted by molar-refractivity contribution is 0.616. The van der Waals surface area contributed by atoms with Crippen molar-refractivity contribution >= 4 is 17.4 Å². The van der Waals surface area contributed by atoms with Crippen molar-refractivity contribution in [1.29, 1.82) is 0 Å². The quantitative estimate of drug-likeness (QED) is 0.797. The number of benzene rings is 1. The molecule has 1 heterocycles. The van der Waals surface area contributed by atoms with E-state index in [1.807, 2.05) is 0 Å². The van der Waals surface area contributed by atoms with Gasteiger partial charge in [0.2, 0.25) is 0 Å². The van der Waals surface area contributed by atoms with Gasteiger partial charge >= 0.3 is 0 Å². The van der Waals surface area contributed by atoms with Crippen molar-refractivity contribution in [2.75, 3.05) is 13.1 Å². The van der Waals surface area contributed by atoms with Crippen molar-refractivity contribution in [2.24, 2.45) is 4.99 Å². The van der Waals surface area contributed by atoms with Gasteiger partial charge in [-0.2, -0.15) is 0 Å². The molecule has 0 fully saturated rings. The fraction of sp³-hybridized carbons (Fsp3) is 0.300. The van der Waals surface area contributed by atoms with Crippen LogP contribution in [0.1, 0.15) is 5.56 Å². The Balaban J connectivity index is 2.20. The Labute approximate surface area is 86.8 Å². The lowest BCUT2D eigenvalue weighted by Gasteiger charge is -2.04. The second-order valence-corrected chi connectivity index (χ2v) is 3.55. The molecule has 0 amide bonds. The second kappa shape index (κ2) is 3.96. The molecule has 1 N–H and O–H groups in total. The van der Waals surface area contributed by atoms with Gasteiger partial charge in [0.15, 0.2) is 0 Å². The van der Waals surface area contributed by atoms with Gasteiger partial charge in [-0.25, -0.2) is 4.39 Å². The van der Waals surface area contributed by atoms with Crippen LogP contribution in [0.2, 0.25) is 5.02 Å². The zero-order chi connectivity index (χ0) is 9.97. The molecule has 2 rings (SSSR count). The number of nitrogens with one attached hydrogen (secondary N) is 1. The molecule has 1 aliphatic heterocycles. The van der Waals surface area contributed by atoms with Crippen molar-refractivity contribution in [3.63, 3.8) is 0 Å². The van der Waals surface area contributed by atoms with Gasteiger partial charge in [-0.15, -0.1) is 0 Å². The van der Waals surface area contributed by atoms with Crippen LogP contribution in [0.5, 0.6) is 0 Å². The van der Waals surface area contributed by atoms with Crippen LogP contribution in [-0.4, -0.2) is 18.9 Å². The van der Waals surface area contributed by atoms with Crippen molar-refractivity contribution in [3.05, 3.63) is 34.6 Å². The number of hydrogen-bond acceptors (Lipinski definition) is 2. The maximum atomic E-state index is 13.4. The van der Waals surface area contributed by atoms with Crippen LogP contribution < -0.4 is 5.32 Å². The molecule has 2 nitrogen and oxygen atoms in total. The van der Waals surface area contributed by atoms with E-state index in [2.05, 4.69) is 10.3 Å². The molecular formula is C10H10ClFN2. The zero-order valence-electron chi connectivity index (χ0n) is 7.56. The van der Waals surface area contributed by atoms with Gasteiger partial charge in [0.1, 0.15) is 11.7 Å². The van der Waals surface area contributed by atoms with Crippen LogP contribution in [0.25, 0.3) is 0 Å². The number of aliphatic imine (C=N–C) groups is 1. The van der Waals surface area contributed by atoms with E-state index in [-0.39, 0.29) is 10.8 Å². The van der Waals surface area contributed by atoms with Crippen LogP contribution in [0.3, 0.4) is 0 Å². The SMILES string of the molecule is Fc1c(Cl)cccc1CC1=NCCN1. The molecule has 1 aromatic rings. The maximum absolute atomic E-state index is 13.4. The van der Waals surface area contributed by atoms with E-state index in [1.165, 1.54) is 0 Å². The van der Waals surface area contributed by atoms with E-state index in [4.69, 9.17) is 11.6 Å². The number of hydrogen-bond donors (Lipinski definition) is 1. The molecule has 0 unspecified atom stereocenters. The Morgan fingerprint density at radius 1 is 1.50 bits per heavy atom. The minimum absolute atomic E-state index is 0.168. The van der Waals surface area contributed by atoms with E-state index in [9.17, 15) is 4.39 Å². The number of halogens is 2. The summed E-state index contributed by atoms with van der Waals surface area (Å²) in [6.45, 7) is 1.62. The molecule has 0 aliphatic carbocycles. The first kappa shape index (κ1) is 9.46. The first-order valence-electron chi connectivity index (χ1n) is 4.47. The number of amidine groups is 1. The Morgan fingerprint density at radius 2 is 2.36 bits per heavy atom. The Kier molecular flexibility index (Phi) is 2.68. The Morgan fingerprint density at radius 3 is 3.07 bits per heavy atom. The molecule has 14 heavy (non-hydrogen) atoms. The topological polar surface area (TPSA) is 24.4 Å². The summed E-state index contributed by atoms with van der Waals surface area (Å²) in [6.07, 6.45) is 0.492. The van der Waals surface area contributed by atoms with E-state index in [0.717, 1.165) is 18.9 Å². The average Bonchev–Trinajstić information content (AvgIpc) is 2.66. The van der Waals surface area contributed by atoms with Crippen LogP contribution in [0.15, 0.2) is 23.2 Å². The minimum atomic E-state index is -0.342. The van der Waals surface area contributed by atoms with Crippen molar-refractivity contribution in [1.82, 2.24) is 5.32 Å². The molecular weight excluding hydrogens is 203 g/mol. The van der Waals surface area contributed by atoms with E-state index < -0.39 is 0 Å². The lowest BCUT2D eigenvalue weighted by atomic mass is 10.1. The summed E-state index contributed by atoms with van der Waals surface area (Å²) in [5.41, 5.74) is 0.589. The average molecular weight is 213 g/mol. The molecule has 0 bridgehead atoms. The Bertz CT molecular complexity index is 376. The molecule has 74 valence electrons. The highest BCUT2D eigenvalue weighted by atomic mass is 35.5. The fourth-order valence-electron chi connectivity index (χ4n) is 1.43. The van der Waals surface area contributed by atoms with Crippen molar-refractivity contribution in [2.45, 2.75) is 6.42 Å². The second-order valence-electron chi connectivity index (χ2n) is 3.14. The maximum Gasteiger partial charge on any atom is 0.145 e. The smallest absolute Gasteiger partial charge is 0.145 e. The van der Waals surface area contributed by atoms with Gasteiger partial charge in [-0.1, -0.05) is 23.7 Å². The molecule has 0 saturated heterocycles. The van der Waals surface area contributed by atoms with Gasteiger partial charge in [-0.3, -0.25) is 4.99 Å². The van der Waals surface area contributed by atoms with Gasteiger partial charge in [0.25, 0.3) is 0 Å². The predicted octanol–water partition coefficient (Wildman–Crippen LogP) is 2.02. The third-order valence-corrected chi connectivity index (χ3v) is 2.42. The highest BCUT2D eigenvalue weighted by Gasteiger charge is 2.11. The first-order valence-corrected chi connectivity index (χ1v) is 4.85. The van der Waals surface area contributed by atoms with Crippen LogP contribution in [0, 0.1) is 5.82 Å². The van der Waals surface area contributed by atoms with E-state index >= 15 is 0 Å². The van der Waals surface area contributed by atoms with Crippen LogP contribution >= 0.6 is 11.6 Å². The molecule has 1 aliphatic rings. The normalized spacial score (nSPS) is 15.1. The molecule has 0 aromatic heterocycles. The highest BCUT2D eigenvalue weighted by Crippen LogP contribution is 2.18. The van der Waals surface area contributed by atoms with E-state index in [0.29, 0.717) is 12.0 Å². The summed E-state index contributed by atoms with van der Waals surface area (Å²) >= 11 is 5.66. The lowest BCUT2D eigenvalue weighted by Crippen LogP contribution is -2.21. The van der Waals surface area contributed by atoms with Crippen molar-refractivity contribution < 1.29 is 4.39 Å². The fourth-order valence-corrected chi connectivity index (χ4v) is 1.62. The summed E-state index contributed by atoms with van der Waals surface area (Å²) in [5, 5.41) is 3.26. The van der Waals surface area contributed by atoms with Gasteiger partial charge in [0, 0.05) is 13.0 Å². The monoisotopic (exact) mass is 212 g/mol. The number of nitrogens with zero attached hydrogens (tertiary/aromatic N) is 1. The molecule has 0 spiro atoms. The molecule has 0 radical (unpaired) electrons. The van der Waals surface area contributed by atoms with Crippen molar-refractivity contribution in [3.8, 4) is 0 Å². The molecule has 1 aromatic carbocycles. The standard InChI is InChI=1S/C10H10ClFN2/c11-8-3-1-2-7(10(8)12)6-9-13-4-5-14-9/h1-3H,4-6H2,(H,13,14). The Hall–Kier alpha value is -1.09. The third-order valence-electron chi connectivity index (χ3n) is 2.13. The highest BCUT2D eigenvalue weighted by molar-refractivity contribution is 6.30. The largest absolute Gasteiger partial charge is 0.372 e. The zero-order valence-corrected chi connectivity index (χ0v) is 8.31. The van der Waals surface area contributed by atoms with E-state index in [1.54, 1.807) is 18.2 Å². The number of rotatable bonds is 2. The molecule has 4 heteroatoms. The summed E-state index contributed by atoms with van der Waals surface area (Å²) in [7, 11) is 0. The van der Waals surface area contributed by atoms with Crippen LogP contribution in [-0.2, 0) is 6.42 Å². The molecule has 0 atom stereocenters. The summed E-state index contributed by atoms with van der Waals surface area (Å²) in [6, 6.07) is 5.02. The van der Waals surface area contributed by atoms with Gasteiger partial charge in [0.05, 0.1) is 11.6 Å². The van der Waals surface area contributed by atoms with Gasteiger partial charge < -0.3 is 5.32 Å². The summed E-state index contributed by atoms with van der Waals surface area (Å²) in [4.78, 5) is 4.20. The first-order chi connectivity index (χ1) is 6.77. The van der Waals surface area contributed by atoms with Gasteiger partial charge in [-0.05, 0) is 11.6 Å². The predicted molar refractivity (Wildman–Crippen MR) is 55.4 cm³/mol. The molecule has 0 saturated carbocycles. The summed E-state index contributed by atoms with van der Waals surface area (Å²) in [5.74, 6) is 0.497. The minimum Gasteiger partial charge on any atom is -0.372 e. The third kappa shape index (κ3) is 1.87.